The highest BCUT2D eigenvalue weighted by molar-refractivity contribution is 9.10. The normalized spacial score (nSPS) is 12.8. The zero-order chi connectivity index (χ0) is 18.6. The number of fused-ring (bicyclic) bond motifs is 1. The van der Waals surface area contributed by atoms with Gasteiger partial charge in [-0.1, -0.05) is 39.8 Å². The van der Waals surface area contributed by atoms with Crippen LogP contribution in [0, 0.1) is 0 Å². The molecule has 0 unspecified atom stereocenters. The van der Waals surface area contributed by atoms with Crippen LogP contribution in [0.5, 0.6) is 17.2 Å². The molecule has 4 rings (SSSR count). The van der Waals surface area contributed by atoms with Gasteiger partial charge in [-0.3, -0.25) is 0 Å². The average molecular weight is 449 g/mol. The molecule has 2 aromatic carbocycles. The van der Waals surface area contributed by atoms with E-state index in [0.717, 1.165) is 38.0 Å². The highest BCUT2D eigenvalue weighted by Crippen LogP contribution is 2.37. The van der Waals surface area contributed by atoms with Gasteiger partial charge in [-0.15, -0.1) is 5.10 Å². The third-order valence-corrected chi connectivity index (χ3v) is 5.80. The first kappa shape index (κ1) is 18.1. The molecule has 0 amide bonds. The lowest BCUT2D eigenvalue weighted by atomic mass is 10.2. The monoisotopic (exact) mass is 448 g/mol. The van der Waals surface area contributed by atoms with Crippen molar-refractivity contribution in [1.82, 2.24) is 20.2 Å². The Morgan fingerprint density at radius 2 is 1.89 bits per heavy atom. The number of thioether (sulfide) groups is 1. The van der Waals surface area contributed by atoms with Crippen molar-refractivity contribution in [2.24, 2.45) is 0 Å². The maximum atomic E-state index is 5.67. The summed E-state index contributed by atoms with van der Waals surface area (Å²) >= 11 is 5.18. The lowest BCUT2D eigenvalue weighted by Crippen LogP contribution is -2.15. The number of benzene rings is 2. The molecule has 0 spiro atoms. The summed E-state index contributed by atoms with van der Waals surface area (Å²) in [5.41, 5.74) is 2.20. The van der Waals surface area contributed by atoms with E-state index in [1.807, 2.05) is 36.4 Å². The van der Waals surface area contributed by atoms with Crippen molar-refractivity contribution in [3.05, 3.63) is 52.0 Å². The van der Waals surface area contributed by atoms with Crippen molar-refractivity contribution in [1.29, 1.82) is 0 Å². The Kier molecular flexibility index (Phi) is 5.49. The SMILES string of the molecule is COc1ccc(Cn2nnnc2SCc2cc3c(cc2Br)OCCO3)cc1. The second-order valence-corrected chi connectivity index (χ2v) is 7.64. The van der Waals surface area contributed by atoms with E-state index in [0.29, 0.717) is 25.5 Å². The minimum absolute atomic E-state index is 0.571. The molecule has 0 saturated heterocycles. The second-order valence-electron chi connectivity index (χ2n) is 5.84. The van der Waals surface area contributed by atoms with Crippen LogP contribution in [0.3, 0.4) is 0 Å². The standard InChI is InChI=1S/C18H17BrN4O3S/c1-24-14-4-2-12(3-5-14)10-23-18(20-21-22-23)27-11-13-8-16-17(9-15(13)19)26-7-6-25-16/h2-5,8-9H,6-7,10-11H2,1H3. The van der Waals surface area contributed by atoms with Crippen LogP contribution < -0.4 is 14.2 Å². The Bertz CT molecular complexity index is 933. The van der Waals surface area contributed by atoms with Gasteiger partial charge in [0, 0.05) is 10.2 Å². The van der Waals surface area contributed by atoms with Crippen LogP contribution in [0.4, 0.5) is 0 Å². The predicted molar refractivity (Wildman–Crippen MR) is 105 cm³/mol. The lowest BCUT2D eigenvalue weighted by Gasteiger charge is -2.19. The van der Waals surface area contributed by atoms with Gasteiger partial charge >= 0.3 is 0 Å². The first-order chi connectivity index (χ1) is 13.2. The largest absolute Gasteiger partial charge is 0.497 e. The predicted octanol–water partition coefficient (Wildman–Crippen LogP) is 3.56. The van der Waals surface area contributed by atoms with E-state index in [1.54, 1.807) is 23.6 Å². The third kappa shape index (κ3) is 4.19. The highest BCUT2D eigenvalue weighted by Gasteiger charge is 2.16. The highest BCUT2D eigenvalue weighted by atomic mass is 79.9. The van der Waals surface area contributed by atoms with Gasteiger partial charge in [0.15, 0.2) is 11.5 Å². The van der Waals surface area contributed by atoms with Crippen LogP contribution in [0.15, 0.2) is 46.0 Å². The maximum Gasteiger partial charge on any atom is 0.209 e. The van der Waals surface area contributed by atoms with Crippen molar-refractivity contribution in [3.8, 4) is 17.2 Å². The molecule has 27 heavy (non-hydrogen) atoms. The van der Waals surface area contributed by atoms with Crippen molar-refractivity contribution in [2.45, 2.75) is 17.5 Å². The fraction of sp³-hybridized carbons (Fsp3) is 0.278. The molecule has 140 valence electrons. The molecule has 0 radical (unpaired) electrons. The fourth-order valence-electron chi connectivity index (χ4n) is 2.66. The number of tetrazole rings is 1. The van der Waals surface area contributed by atoms with Gasteiger partial charge in [0.25, 0.3) is 0 Å². The topological polar surface area (TPSA) is 71.3 Å². The van der Waals surface area contributed by atoms with E-state index >= 15 is 0 Å². The van der Waals surface area contributed by atoms with Gasteiger partial charge in [-0.05, 0) is 45.8 Å². The number of hydrogen-bond acceptors (Lipinski definition) is 7. The third-order valence-electron chi connectivity index (χ3n) is 4.06. The molecule has 0 bridgehead atoms. The summed E-state index contributed by atoms with van der Waals surface area (Å²) in [6.45, 7) is 1.75. The Hall–Kier alpha value is -2.26. The van der Waals surface area contributed by atoms with Crippen LogP contribution in [0.25, 0.3) is 0 Å². The molecule has 2 heterocycles. The van der Waals surface area contributed by atoms with E-state index in [9.17, 15) is 0 Å². The Morgan fingerprint density at radius 1 is 1.15 bits per heavy atom. The lowest BCUT2D eigenvalue weighted by molar-refractivity contribution is 0.171. The van der Waals surface area contributed by atoms with Gasteiger partial charge in [-0.25, -0.2) is 4.68 Å². The summed E-state index contributed by atoms with van der Waals surface area (Å²) in [5, 5.41) is 12.8. The van der Waals surface area contributed by atoms with Crippen LogP contribution >= 0.6 is 27.7 Å². The first-order valence-electron chi connectivity index (χ1n) is 8.33. The van der Waals surface area contributed by atoms with E-state index in [2.05, 4.69) is 31.5 Å². The Morgan fingerprint density at radius 3 is 2.63 bits per heavy atom. The average Bonchev–Trinajstić information content (AvgIpc) is 3.14. The number of methoxy groups -OCH3 is 1. The number of rotatable bonds is 6. The van der Waals surface area contributed by atoms with E-state index in [4.69, 9.17) is 14.2 Å². The molecule has 7 nitrogen and oxygen atoms in total. The van der Waals surface area contributed by atoms with Gasteiger partial charge in [-0.2, -0.15) is 0 Å². The molecule has 0 atom stereocenters. The minimum atomic E-state index is 0.571. The molecule has 9 heteroatoms. The molecule has 0 saturated carbocycles. The smallest absolute Gasteiger partial charge is 0.209 e. The maximum absolute atomic E-state index is 5.67. The van der Waals surface area contributed by atoms with E-state index in [1.165, 1.54) is 0 Å². The van der Waals surface area contributed by atoms with Crippen molar-refractivity contribution in [2.75, 3.05) is 20.3 Å². The summed E-state index contributed by atoms with van der Waals surface area (Å²) in [6.07, 6.45) is 0. The van der Waals surface area contributed by atoms with Crippen molar-refractivity contribution < 1.29 is 14.2 Å². The zero-order valence-electron chi connectivity index (χ0n) is 14.6. The van der Waals surface area contributed by atoms with Crippen LogP contribution in [-0.4, -0.2) is 40.5 Å². The van der Waals surface area contributed by atoms with Gasteiger partial charge in [0.1, 0.15) is 19.0 Å². The number of aromatic nitrogens is 4. The molecule has 3 aromatic rings. The molecule has 0 fully saturated rings. The Labute approximate surface area is 169 Å². The zero-order valence-corrected chi connectivity index (χ0v) is 17.0. The van der Waals surface area contributed by atoms with Crippen LogP contribution in [0.2, 0.25) is 0 Å². The summed E-state index contributed by atoms with van der Waals surface area (Å²) < 4.78 is 19.2. The van der Waals surface area contributed by atoms with E-state index in [-0.39, 0.29) is 0 Å². The molecule has 0 aliphatic carbocycles. The van der Waals surface area contributed by atoms with Crippen LogP contribution in [0.1, 0.15) is 11.1 Å². The summed E-state index contributed by atoms with van der Waals surface area (Å²) in [4.78, 5) is 0. The number of halogens is 1. The molecule has 1 aliphatic heterocycles. The van der Waals surface area contributed by atoms with Crippen molar-refractivity contribution in [3.63, 3.8) is 0 Å². The van der Waals surface area contributed by atoms with Gasteiger partial charge in [0.05, 0.1) is 13.7 Å². The number of ether oxygens (including phenoxy) is 3. The molecule has 1 aromatic heterocycles. The summed E-state index contributed by atoms with van der Waals surface area (Å²) in [7, 11) is 1.65. The van der Waals surface area contributed by atoms with Gasteiger partial charge < -0.3 is 14.2 Å². The number of nitrogens with zero attached hydrogens (tertiary/aromatic N) is 4. The van der Waals surface area contributed by atoms with Crippen LogP contribution in [-0.2, 0) is 12.3 Å². The van der Waals surface area contributed by atoms with E-state index < -0.39 is 0 Å². The first-order valence-corrected chi connectivity index (χ1v) is 10.1. The Balaban J connectivity index is 1.46. The molecular formula is C18H17BrN4O3S. The van der Waals surface area contributed by atoms with Crippen molar-refractivity contribution >= 4 is 27.7 Å². The fourth-order valence-corrected chi connectivity index (χ4v) is 4.18. The minimum Gasteiger partial charge on any atom is -0.497 e. The van der Waals surface area contributed by atoms with Gasteiger partial charge in [0.2, 0.25) is 5.16 Å². The summed E-state index contributed by atoms with van der Waals surface area (Å²) in [6, 6.07) is 11.8. The number of hydrogen-bond donors (Lipinski definition) is 0. The molecule has 1 aliphatic rings. The second kappa shape index (κ2) is 8.18. The molecule has 0 N–H and O–H groups in total. The molecular weight excluding hydrogens is 432 g/mol. The summed E-state index contributed by atoms with van der Waals surface area (Å²) in [5.74, 6) is 3.08. The quantitative estimate of drug-likeness (QED) is 0.533.